The Bertz CT molecular complexity index is 701. The molecule has 0 radical (unpaired) electrons. The molecule has 1 aliphatic heterocycles. The SMILES string of the molecule is CC(N)c1nc2ccn(C)c2cc1N1CCN(C(=O)O)CC1. The van der Waals surface area contributed by atoms with Crippen molar-refractivity contribution in [2.24, 2.45) is 12.8 Å². The first-order valence-electron chi connectivity index (χ1n) is 7.41. The number of piperazine rings is 1. The number of amides is 1. The molecule has 3 N–H and O–H groups in total. The lowest BCUT2D eigenvalue weighted by molar-refractivity contribution is 0.142. The van der Waals surface area contributed by atoms with Crippen LogP contribution in [0.5, 0.6) is 0 Å². The molecule has 0 aliphatic carbocycles. The van der Waals surface area contributed by atoms with Crippen LogP contribution in [0.1, 0.15) is 18.7 Å². The van der Waals surface area contributed by atoms with Gasteiger partial charge < -0.3 is 25.2 Å². The number of fused-ring (bicyclic) bond motifs is 1. The smallest absolute Gasteiger partial charge is 0.407 e. The molecule has 0 bridgehead atoms. The van der Waals surface area contributed by atoms with Crippen molar-refractivity contribution in [1.82, 2.24) is 14.5 Å². The third-order valence-corrected chi connectivity index (χ3v) is 4.20. The number of hydrogen-bond donors (Lipinski definition) is 2. The van der Waals surface area contributed by atoms with E-state index in [4.69, 9.17) is 15.8 Å². The number of aryl methyl sites for hydroxylation is 1. The lowest BCUT2D eigenvalue weighted by atomic mass is 10.1. The van der Waals surface area contributed by atoms with E-state index in [-0.39, 0.29) is 6.04 Å². The maximum atomic E-state index is 11.0. The van der Waals surface area contributed by atoms with Gasteiger partial charge in [0.25, 0.3) is 0 Å². The zero-order valence-electron chi connectivity index (χ0n) is 12.9. The molecule has 1 fully saturated rings. The van der Waals surface area contributed by atoms with Gasteiger partial charge in [-0.1, -0.05) is 0 Å². The van der Waals surface area contributed by atoms with Gasteiger partial charge in [-0.2, -0.15) is 0 Å². The largest absolute Gasteiger partial charge is 0.465 e. The molecule has 7 heteroatoms. The van der Waals surface area contributed by atoms with Gasteiger partial charge in [0.2, 0.25) is 0 Å². The third-order valence-electron chi connectivity index (χ3n) is 4.20. The molecule has 0 saturated carbocycles. The van der Waals surface area contributed by atoms with Crippen LogP contribution < -0.4 is 10.6 Å². The van der Waals surface area contributed by atoms with Gasteiger partial charge in [-0.3, -0.25) is 0 Å². The van der Waals surface area contributed by atoms with Gasteiger partial charge in [0.15, 0.2) is 0 Å². The molecule has 0 aromatic carbocycles. The Morgan fingerprint density at radius 3 is 2.64 bits per heavy atom. The Kier molecular flexibility index (Phi) is 3.66. The molecule has 3 heterocycles. The monoisotopic (exact) mass is 303 g/mol. The standard InChI is InChI=1S/C15H21N5O2/c1-10(16)14-13(9-12-11(17-14)3-4-18(12)2)19-5-7-20(8-6-19)15(21)22/h3-4,9-10H,5-8,16H2,1-2H3,(H,21,22). The van der Waals surface area contributed by atoms with Crippen molar-refractivity contribution >= 4 is 22.8 Å². The molecular weight excluding hydrogens is 282 g/mol. The van der Waals surface area contributed by atoms with Crippen molar-refractivity contribution in [2.75, 3.05) is 31.1 Å². The summed E-state index contributed by atoms with van der Waals surface area (Å²) in [6, 6.07) is 3.92. The quantitative estimate of drug-likeness (QED) is 0.875. The summed E-state index contributed by atoms with van der Waals surface area (Å²) in [4.78, 5) is 19.4. The molecule has 1 amide bonds. The van der Waals surface area contributed by atoms with Gasteiger partial charge in [-0.25, -0.2) is 9.78 Å². The van der Waals surface area contributed by atoms with Gasteiger partial charge in [0.1, 0.15) is 0 Å². The molecule has 2 aromatic heterocycles. The average Bonchev–Trinajstić information content (AvgIpc) is 2.87. The van der Waals surface area contributed by atoms with Crippen LogP contribution in [0.15, 0.2) is 18.3 Å². The summed E-state index contributed by atoms with van der Waals surface area (Å²) in [6.07, 6.45) is 1.12. The number of anilines is 1. The molecular formula is C15H21N5O2. The molecule has 118 valence electrons. The predicted molar refractivity (Wildman–Crippen MR) is 85.1 cm³/mol. The highest BCUT2D eigenvalue weighted by Crippen LogP contribution is 2.29. The normalized spacial score (nSPS) is 17.0. The highest BCUT2D eigenvalue weighted by molar-refractivity contribution is 5.81. The average molecular weight is 303 g/mol. The molecule has 7 nitrogen and oxygen atoms in total. The van der Waals surface area contributed by atoms with Crippen molar-refractivity contribution < 1.29 is 9.90 Å². The van der Waals surface area contributed by atoms with Crippen molar-refractivity contribution in [1.29, 1.82) is 0 Å². The summed E-state index contributed by atoms with van der Waals surface area (Å²) in [5, 5.41) is 9.06. The summed E-state index contributed by atoms with van der Waals surface area (Å²) >= 11 is 0. The van der Waals surface area contributed by atoms with Gasteiger partial charge in [0, 0.05) is 45.5 Å². The lowest BCUT2D eigenvalue weighted by Gasteiger charge is -2.35. The van der Waals surface area contributed by atoms with Crippen LogP contribution in [0.4, 0.5) is 10.5 Å². The van der Waals surface area contributed by atoms with Gasteiger partial charge in [0.05, 0.1) is 22.4 Å². The second kappa shape index (κ2) is 5.49. The molecule has 3 rings (SSSR count). The fourth-order valence-corrected chi connectivity index (χ4v) is 2.92. The zero-order chi connectivity index (χ0) is 15.9. The molecule has 22 heavy (non-hydrogen) atoms. The van der Waals surface area contributed by atoms with Crippen LogP contribution in [-0.2, 0) is 7.05 Å². The first-order valence-corrected chi connectivity index (χ1v) is 7.41. The van der Waals surface area contributed by atoms with Crippen LogP contribution in [0.3, 0.4) is 0 Å². The number of carboxylic acid groups (broad SMARTS) is 1. The Balaban J connectivity index is 1.96. The van der Waals surface area contributed by atoms with E-state index in [0.717, 1.165) is 22.4 Å². The zero-order valence-corrected chi connectivity index (χ0v) is 12.9. The van der Waals surface area contributed by atoms with Crippen LogP contribution in [0.25, 0.3) is 11.0 Å². The highest BCUT2D eigenvalue weighted by atomic mass is 16.4. The predicted octanol–water partition coefficient (Wildman–Crippen LogP) is 1.39. The highest BCUT2D eigenvalue weighted by Gasteiger charge is 2.24. The maximum absolute atomic E-state index is 11.0. The number of aromatic nitrogens is 2. The first kappa shape index (κ1) is 14.6. The van der Waals surface area contributed by atoms with E-state index in [1.165, 1.54) is 4.90 Å². The minimum absolute atomic E-state index is 0.169. The summed E-state index contributed by atoms with van der Waals surface area (Å²) in [6.45, 7) is 4.24. The fourth-order valence-electron chi connectivity index (χ4n) is 2.92. The van der Waals surface area contributed by atoms with Crippen LogP contribution >= 0.6 is 0 Å². The van der Waals surface area contributed by atoms with Crippen LogP contribution in [0, 0.1) is 0 Å². The van der Waals surface area contributed by atoms with Crippen LogP contribution in [0.2, 0.25) is 0 Å². The maximum Gasteiger partial charge on any atom is 0.407 e. The van der Waals surface area contributed by atoms with E-state index in [1.807, 2.05) is 30.8 Å². The van der Waals surface area contributed by atoms with Gasteiger partial charge in [-0.15, -0.1) is 0 Å². The van der Waals surface area contributed by atoms with E-state index >= 15 is 0 Å². The third kappa shape index (κ3) is 2.48. The van der Waals surface area contributed by atoms with Crippen molar-refractivity contribution in [3.05, 3.63) is 24.0 Å². The Morgan fingerprint density at radius 2 is 2.05 bits per heavy atom. The number of hydrogen-bond acceptors (Lipinski definition) is 4. The molecule has 1 saturated heterocycles. The number of nitrogens with zero attached hydrogens (tertiary/aromatic N) is 4. The summed E-state index contributed by atoms with van der Waals surface area (Å²) in [5.41, 5.74) is 9.95. The number of nitrogens with two attached hydrogens (primary N) is 1. The van der Waals surface area contributed by atoms with E-state index < -0.39 is 6.09 Å². The van der Waals surface area contributed by atoms with Crippen molar-refractivity contribution in [3.8, 4) is 0 Å². The minimum atomic E-state index is -0.858. The van der Waals surface area contributed by atoms with Gasteiger partial charge in [-0.05, 0) is 19.1 Å². The summed E-state index contributed by atoms with van der Waals surface area (Å²) in [5.74, 6) is 0. The second-order valence-electron chi connectivity index (χ2n) is 5.77. The van der Waals surface area contributed by atoms with E-state index in [9.17, 15) is 4.79 Å². The Hall–Kier alpha value is -2.28. The van der Waals surface area contributed by atoms with Gasteiger partial charge >= 0.3 is 6.09 Å². The topological polar surface area (TPSA) is 87.6 Å². The molecule has 2 aromatic rings. The van der Waals surface area contributed by atoms with E-state index in [0.29, 0.717) is 26.2 Å². The van der Waals surface area contributed by atoms with Crippen LogP contribution in [-0.4, -0.2) is 51.8 Å². The number of rotatable bonds is 2. The lowest BCUT2D eigenvalue weighted by Crippen LogP contribution is -2.48. The second-order valence-corrected chi connectivity index (χ2v) is 5.77. The molecule has 1 aliphatic rings. The van der Waals surface area contributed by atoms with E-state index in [1.54, 1.807) is 0 Å². The number of pyridine rings is 1. The molecule has 1 unspecified atom stereocenters. The Morgan fingerprint density at radius 1 is 1.36 bits per heavy atom. The van der Waals surface area contributed by atoms with E-state index in [2.05, 4.69) is 11.0 Å². The summed E-state index contributed by atoms with van der Waals surface area (Å²) < 4.78 is 2.03. The fraction of sp³-hybridized carbons (Fsp3) is 0.467. The number of carbonyl (C=O) groups is 1. The van der Waals surface area contributed by atoms with Crippen molar-refractivity contribution in [3.63, 3.8) is 0 Å². The molecule has 0 spiro atoms. The summed E-state index contributed by atoms with van der Waals surface area (Å²) in [7, 11) is 1.99. The first-order chi connectivity index (χ1) is 10.5. The Labute approximate surface area is 128 Å². The molecule has 1 atom stereocenters. The minimum Gasteiger partial charge on any atom is -0.465 e. The van der Waals surface area contributed by atoms with Crippen molar-refractivity contribution in [2.45, 2.75) is 13.0 Å².